The van der Waals surface area contributed by atoms with Gasteiger partial charge in [0.25, 0.3) is 0 Å². The zero-order valence-corrected chi connectivity index (χ0v) is 10.0. The van der Waals surface area contributed by atoms with Gasteiger partial charge in [0.1, 0.15) is 0 Å². The first-order chi connectivity index (χ1) is 7.13. The van der Waals surface area contributed by atoms with E-state index in [-0.39, 0.29) is 5.92 Å². The lowest BCUT2D eigenvalue weighted by atomic mass is 9.78. The minimum atomic E-state index is -0.641. The highest BCUT2D eigenvalue weighted by molar-refractivity contribution is 5.69. The van der Waals surface area contributed by atoms with Gasteiger partial charge in [-0.15, -0.1) is 0 Å². The summed E-state index contributed by atoms with van der Waals surface area (Å²) in [6.45, 7) is 4.09. The van der Waals surface area contributed by atoms with Gasteiger partial charge in [0, 0.05) is 0 Å². The second-order valence-corrected chi connectivity index (χ2v) is 5.11. The first kappa shape index (κ1) is 12.5. The standard InChI is InChI=1S/C13H24O2/c1-3-11-6-8-12(9-7-11)5-4-10(2)13(14)15/h10-12H,3-9H2,1-2H3,(H,14,15). The Morgan fingerprint density at radius 3 is 2.27 bits per heavy atom. The molecule has 1 aliphatic carbocycles. The van der Waals surface area contributed by atoms with E-state index in [0.717, 1.165) is 24.7 Å². The fraction of sp³-hybridized carbons (Fsp3) is 0.923. The van der Waals surface area contributed by atoms with Crippen molar-refractivity contribution in [2.24, 2.45) is 17.8 Å². The molecule has 1 fully saturated rings. The lowest BCUT2D eigenvalue weighted by molar-refractivity contribution is -0.141. The van der Waals surface area contributed by atoms with Crippen LogP contribution in [0.25, 0.3) is 0 Å². The van der Waals surface area contributed by atoms with Crippen molar-refractivity contribution in [2.75, 3.05) is 0 Å². The molecule has 1 aliphatic rings. The van der Waals surface area contributed by atoms with Crippen LogP contribution in [0.15, 0.2) is 0 Å². The van der Waals surface area contributed by atoms with Crippen molar-refractivity contribution in [3.05, 3.63) is 0 Å². The van der Waals surface area contributed by atoms with Gasteiger partial charge in [-0.2, -0.15) is 0 Å². The predicted molar refractivity (Wildman–Crippen MR) is 61.8 cm³/mol. The average Bonchev–Trinajstić information content (AvgIpc) is 2.26. The minimum absolute atomic E-state index is 0.158. The SMILES string of the molecule is CCC1CCC(CCC(C)C(=O)O)CC1. The molecule has 0 aromatic rings. The van der Waals surface area contributed by atoms with Crippen LogP contribution in [0.3, 0.4) is 0 Å². The predicted octanol–water partition coefficient (Wildman–Crippen LogP) is 3.70. The lowest BCUT2D eigenvalue weighted by Gasteiger charge is -2.28. The zero-order valence-electron chi connectivity index (χ0n) is 10.0. The highest BCUT2D eigenvalue weighted by atomic mass is 16.4. The maximum absolute atomic E-state index is 10.7. The topological polar surface area (TPSA) is 37.3 Å². The number of carbonyl (C=O) groups is 1. The molecule has 0 bridgehead atoms. The van der Waals surface area contributed by atoms with Crippen LogP contribution < -0.4 is 0 Å². The molecule has 1 rings (SSSR count). The van der Waals surface area contributed by atoms with Gasteiger partial charge < -0.3 is 5.11 Å². The third-order valence-electron chi connectivity index (χ3n) is 3.97. The number of hydrogen-bond donors (Lipinski definition) is 1. The van der Waals surface area contributed by atoms with E-state index in [1.54, 1.807) is 0 Å². The van der Waals surface area contributed by atoms with Crippen molar-refractivity contribution in [3.8, 4) is 0 Å². The normalized spacial score (nSPS) is 28.7. The lowest BCUT2D eigenvalue weighted by Crippen LogP contribution is -2.16. The van der Waals surface area contributed by atoms with Gasteiger partial charge in [-0.1, -0.05) is 46.0 Å². The summed E-state index contributed by atoms with van der Waals surface area (Å²) in [6, 6.07) is 0. The molecule has 0 radical (unpaired) electrons. The van der Waals surface area contributed by atoms with E-state index in [0.29, 0.717) is 0 Å². The molecule has 88 valence electrons. The molecule has 15 heavy (non-hydrogen) atoms. The van der Waals surface area contributed by atoms with E-state index in [2.05, 4.69) is 6.92 Å². The number of carboxylic acid groups (broad SMARTS) is 1. The first-order valence-corrected chi connectivity index (χ1v) is 6.36. The van der Waals surface area contributed by atoms with Crippen LogP contribution in [0.5, 0.6) is 0 Å². The van der Waals surface area contributed by atoms with Crippen LogP contribution in [-0.4, -0.2) is 11.1 Å². The van der Waals surface area contributed by atoms with Crippen molar-refractivity contribution in [3.63, 3.8) is 0 Å². The van der Waals surface area contributed by atoms with Crippen LogP contribution in [0.2, 0.25) is 0 Å². The summed E-state index contributed by atoms with van der Waals surface area (Å²) in [5.41, 5.74) is 0. The molecular weight excluding hydrogens is 188 g/mol. The molecule has 0 spiro atoms. The van der Waals surface area contributed by atoms with Gasteiger partial charge in [0.05, 0.1) is 5.92 Å². The Morgan fingerprint density at radius 2 is 1.80 bits per heavy atom. The van der Waals surface area contributed by atoms with Crippen molar-refractivity contribution in [1.29, 1.82) is 0 Å². The second kappa shape index (κ2) is 6.14. The van der Waals surface area contributed by atoms with Crippen molar-refractivity contribution in [1.82, 2.24) is 0 Å². The molecular formula is C13H24O2. The molecule has 0 heterocycles. The van der Waals surface area contributed by atoms with Gasteiger partial charge in [0.15, 0.2) is 0 Å². The summed E-state index contributed by atoms with van der Waals surface area (Å²) in [4.78, 5) is 10.7. The smallest absolute Gasteiger partial charge is 0.306 e. The summed E-state index contributed by atoms with van der Waals surface area (Å²) in [6.07, 6.45) is 8.67. The van der Waals surface area contributed by atoms with Gasteiger partial charge in [-0.05, 0) is 24.7 Å². The minimum Gasteiger partial charge on any atom is -0.481 e. The van der Waals surface area contributed by atoms with E-state index >= 15 is 0 Å². The summed E-state index contributed by atoms with van der Waals surface area (Å²) in [5, 5.41) is 8.79. The van der Waals surface area contributed by atoms with Crippen LogP contribution in [0.1, 0.15) is 58.8 Å². The molecule has 0 saturated heterocycles. The molecule has 1 saturated carbocycles. The van der Waals surface area contributed by atoms with Crippen LogP contribution in [0, 0.1) is 17.8 Å². The molecule has 1 unspecified atom stereocenters. The van der Waals surface area contributed by atoms with E-state index < -0.39 is 5.97 Å². The van der Waals surface area contributed by atoms with Crippen LogP contribution >= 0.6 is 0 Å². The Balaban J connectivity index is 2.16. The zero-order chi connectivity index (χ0) is 11.3. The van der Waals surface area contributed by atoms with E-state index in [9.17, 15) is 4.79 Å². The molecule has 1 atom stereocenters. The Kier molecular flexibility index (Phi) is 5.13. The van der Waals surface area contributed by atoms with Gasteiger partial charge in [0.2, 0.25) is 0 Å². The molecule has 0 aromatic heterocycles. The Labute approximate surface area is 93.1 Å². The number of aliphatic carboxylic acids is 1. The molecule has 0 amide bonds. The van der Waals surface area contributed by atoms with Gasteiger partial charge in [-0.25, -0.2) is 0 Å². The molecule has 2 heteroatoms. The molecule has 2 nitrogen and oxygen atoms in total. The second-order valence-electron chi connectivity index (χ2n) is 5.11. The van der Waals surface area contributed by atoms with Crippen LogP contribution in [-0.2, 0) is 4.79 Å². The summed E-state index contributed by atoms with van der Waals surface area (Å²) in [5.74, 6) is 0.943. The average molecular weight is 212 g/mol. The maximum atomic E-state index is 10.7. The molecule has 0 aromatic carbocycles. The van der Waals surface area contributed by atoms with Gasteiger partial charge in [-0.3, -0.25) is 4.79 Å². The van der Waals surface area contributed by atoms with Gasteiger partial charge >= 0.3 is 5.97 Å². The van der Waals surface area contributed by atoms with E-state index in [4.69, 9.17) is 5.11 Å². The third-order valence-corrected chi connectivity index (χ3v) is 3.97. The number of rotatable bonds is 5. The Morgan fingerprint density at radius 1 is 1.27 bits per heavy atom. The number of hydrogen-bond acceptors (Lipinski definition) is 1. The largest absolute Gasteiger partial charge is 0.481 e. The fourth-order valence-electron chi connectivity index (χ4n) is 2.54. The van der Waals surface area contributed by atoms with E-state index in [1.165, 1.54) is 32.1 Å². The quantitative estimate of drug-likeness (QED) is 0.754. The summed E-state index contributed by atoms with van der Waals surface area (Å²) < 4.78 is 0. The maximum Gasteiger partial charge on any atom is 0.306 e. The molecule has 0 aliphatic heterocycles. The Bertz CT molecular complexity index is 193. The van der Waals surface area contributed by atoms with Crippen molar-refractivity contribution in [2.45, 2.75) is 58.8 Å². The summed E-state index contributed by atoms with van der Waals surface area (Å²) in [7, 11) is 0. The highest BCUT2D eigenvalue weighted by Gasteiger charge is 2.21. The summed E-state index contributed by atoms with van der Waals surface area (Å²) >= 11 is 0. The van der Waals surface area contributed by atoms with Crippen LogP contribution in [0.4, 0.5) is 0 Å². The monoisotopic (exact) mass is 212 g/mol. The van der Waals surface area contributed by atoms with Crippen molar-refractivity contribution < 1.29 is 9.90 Å². The third kappa shape index (κ3) is 4.23. The Hall–Kier alpha value is -0.530. The number of carboxylic acids is 1. The first-order valence-electron chi connectivity index (χ1n) is 6.36. The fourth-order valence-corrected chi connectivity index (χ4v) is 2.54. The van der Waals surface area contributed by atoms with Crippen molar-refractivity contribution >= 4 is 5.97 Å². The van der Waals surface area contributed by atoms with E-state index in [1.807, 2.05) is 6.92 Å². The highest BCUT2D eigenvalue weighted by Crippen LogP contribution is 2.33. The molecule has 1 N–H and O–H groups in total.